The Morgan fingerprint density at radius 3 is 2.77 bits per heavy atom. The Morgan fingerprint density at radius 1 is 1.31 bits per heavy atom. The van der Waals surface area contributed by atoms with Crippen LogP contribution in [-0.2, 0) is 25.2 Å². The van der Waals surface area contributed by atoms with Gasteiger partial charge in [-0.05, 0) is 38.2 Å². The van der Waals surface area contributed by atoms with Crippen molar-refractivity contribution in [3.05, 3.63) is 30.8 Å². The molecule has 3 heterocycles. The van der Waals surface area contributed by atoms with E-state index in [-0.39, 0.29) is 24.6 Å². The van der Waals surface area contributed by atoms with Gasteiger partial charge in [-0.1, -0.05) is 32.6 Å². The van der Waals surface area contributed by atoms with E-state index in [0.717, 1.165) is 44.4 Å². The molecule has 2 aliphatic heterocycles. The number of aromatic nitrogens is 1. The summed E-state index contributed by atoms with van der Waals surface area (Å²) in [7, 11) is 1.54. The first-order valence-electron chi connectivity index (χ1n) is 12.3. The van der Waals surface area contributed by atoms with Crippen molar-refractivity contribution in [1.82, 2.24) is 10.3 Å². The topological polar surface area (TPSA) is 78.9 Å². The molecule has 2 saturated heterocycles. The van der Waals surface area contributed by atoms with Crippen LogP contribution in [0.2, 0.25) is 0 Å². The second-order valence-corrected chi connectivity index (χ2v) is 9.41. The number of piperidine rings is 2. The van der Waals surface area contributed by atoms with Gasteiger partial charge in [-0.3, -0.25) is 10.1 Å². The molecule has 1 N–H and O–H groups in total. The number of hydrogen-bond acceptors (Lipinski definition) is 7. The molecular formula is C25H36F3N2O5. The van der Waals surface area contributed by atoms with Gasteiger partial charge in [0.2, 0.25) is 11.6 Å². The Hall–Kier alpha value is -1.91. The second kappa shape index (κ2) is 12.4. The summed E-state index contributed by atoms with van der Waals surface area (Å²) in [5.41, 5.74) is -2.00. The second-order valence-electron chi connectivity index (χ2n) is 9.41. The SMILES string of the molecule is [CH2]C(CCCCCC)C(=O)O[C@@]12CC[C@H](C[C@H]1Oc1ccc(C(F)(F)F)cn1)[C@@H](COCOC)N2. The van der Waals surface area contributed by atoms with Gasteiger partial charge in [0.15, 0.2) is 6.10 Å². The monoisotopic (exact) mass is 501 g/mol. The van der Waals surface area contributed by atoms with E-state index in [1.807, 2.05) is 0 Å². The predicted octanol–water partition coefficient (Wildman–Crippen LogP) is 4.90. The number of nitrogens with zero attached hydrogens (tertiary/aromatic N) is 1. The third-order valence-electron chi connectivity index (χ3n) is 6.77. The number of unbranched alkanes of at least 4 members (excludes halogenated alkanes) is 3. The zero-order valence-electron chi connectivity index (χ0n) is 20.4. The lowest BCUT2D eigenvalue weighted by Crippen LogP contribution is -2.72. The average molecular weight is 502 g/mol. The summed E-state index contributed by atoms with van der Waals surface area (Å²) in [5.74, 6) is -0.710. The number of hydrogen-bond donors (Lipinski definition) is 1. The molecule has 1 aromatic heterocycles. The number of pyridine rings is 1. The van der Waals surface area contributed by atoms with Crippen molar-refractivity contribution >= 4 is 5.97 Å². The van der Waals surface area contributed by atoms with E-state index in [0.29, 0.717) is 25.9 Å². The van der Waals surface area contributed by atoms with Gasteiger partial charge in [0.1, 0.15) is 6.79 Å². The quantitative estimate of drug-likeness (QED) is 0.234. The summed E-state index contributed by atoms with van der Waals surface area (Å²) in [6, 6.07) is 2.04. The predicted molar refractivity (Wildman–Crippen MR) is 122 cm³/mol. The summed E-state index contributed by atoms with van der Waals surface area (Å²) in [6.07, 6.45) is 2.26. The molecule has 5 atom stereocenters. The van der Waals surface area contributed by atoms with Crippen molar-refractivity contribution in [1.29, 1.82) is 0 Å². The zero-order valence-corrected chi connectivity index (χ0v) is 20.4. The van der Waals surface area contributed by atoms with Crippen molar-refractivity contribution < 1.29 is 36.9 Å². The van der Waals surface area contributed by atoms with Crippen molar-refractivity contribution in [2.45, 2.75) is 82.3 Å². The fourth-order valence-electron chi connectivity index (χ4n) is 4.79. The number of esters is 1. The molecule has 1 unspecified atom stereocenters. The lowest BCUT2D eigenvalue weighted by atomic mass is 9.72. The van der Waals surface area contributed by atoms with Crippen LogP contribution in [-0.4, -0.2) is 49.3 Å². The van der Waals surface area contributed by atoms with Crippen LogP contribution in [0.5, 0.6) is 5.88 Å². The van der Waals surface area contributed by atoms with Gasteiger partial charge in [-0.25, -0.2) is 4.98 Å². The normalized spacial score (nSPS) is 27.0. The van der Waals surface area contributed by atoms with Crippen LogP contribution < -0.4 is 10.1 Å². The van der Waals surface area contributed by atoms with Crippen LogP contribution in [0.25, 0.3) is 0 Å². The minimum atomic E-state index is -4.48. The van der Waals surface area contributed by atoms with Crippen LogP contribution in [0, 0.1) is 18.8 Å². The van der Waals surface area contributed by atoms with Gasteiger partial charge in [0.25, 0.3) is 0 Å². The van der Waals surface area contributed by atoms with Crippen molar-refractivity contribution in [3.8, 4) is 5.88 Å². The number of nitrogens with one attached hydrogen (secondary N) is 1. The van der Waals surface area contributed by atoms with Crippen molar-refractivity contribution in [2.75, 3.05) is 20.5 Å². The van der Waals surface area contributed by atoms with Gasteiger partial charge in [0.05, 0.1) is 18.1 Å². The maximum Gasteiger partial charge on any atom is 0.417 e. The zero-order chi connectivity index (χ0) is 25.5. The van der Waals surface area contributed by atoms with E-state index in [2.05, 4.69) is 24.1 Å². The Labute approximate surface area is 205 Å². The third-order valence-corrected chi connectivity index (χ3v) is 6.77. The molecule has 35 heavy (non-hydrogen) atoms. The summed E-state index contributed by atoms with van der Waals surface area (Å²) >= 11 is 0. The average Bonchev–Trinajstić information content (AvgIpc) is 2.82. The molecule has 3 aliphatic rings. The molecule has 3 fully saturated rings. The number of halogens is 3. The highest BCUT2D eigenvalue weighted by Crippen LogP contribution is 2.43. The van der Waals surface area contributed by atoms with Gasteiger partial charge < -0.3 is 18.9 Å². The van der Waals surface area contributed by atoms with Crippen LogP contribution in [0.1, 0.15) is 63.9 Å². The summed E-state index contributed by atoms with van der Waals surface area (Å²) in [5, 5.41) is 3.41. The minimum Gasteiger partial charge on any atom is -0.469 e. The van der Waals surface area contributed by atoms with Gasteiger partial charge >= 0.3 is 12.1 Å². The molecule has 2 bridgehead atoms. The number of carbonyl (C=O) groups excluding carboxylic acids is 1. The molecule has 7 nitrogen and oxygen atoms in total. The number of alkyl halides is 3. The number of methoxy groups -OCH3 is 1. The largest absolute Gasteiger partial charge is 0.469 e. The fourth-order valence-corrected chi connectivity index (χ4v) is 4.79. The summed E-state index contributed by atoms with van der Waals surface area (Å²) in [4.78, 5) is 16.8. The molecule has 0 aromatic carbocycles. The Morgan fingerprint density at radius 2 is 2.11 bits per heavy atom. The molecule has 1 aromatic rings. The molecule has 10 heteroatoms. The molecular weight excluding hydrogens is 465 g/mol. The molecule has 4 rings (SSSR count). The first-order chi connectivity index (χ1) is 16.7. The van der Waals surface area contributed by atoms with Crippen molar-refractivity contribution in [3.63, 3.8) is 0 Å². The molecule has 1 aliphatic carbocycles. The fraction of sp³-hybridized carbons (Fsp3) is 0.720. The van der Waals surface area contributed by atoms with Crippen LogP contribution in [0.4, 0.5) is 13.2 Å². The third kappa shape index (κ3) is 7.30. The first kappa shape index (κ1) is 27.7. The minimum absolute atomic E-state index is 0.0469. The van der Waals surface area contributed by atoms with E-state index >= 15 is 0 Å². The number of rotatable bonds is 13. The molecule has 0 amide bonds. The number of ether oxygens (including phenoxy) is 4. The first-order valence-corrected chi connectivity index (χ1v) is 12.3. The molecule has 0 spiro atoms. The molecule has 1 saturated carbocycles. The number of fused-ring (bicyclic) bond motifs is 3. The molecule has 1 radical (unpaired) electrons. The Bertz CT molecular complexity index is 807. The standard InChI is InChI=1S/C25H36F3N2O5/c1-4-5-6-7-8-17(2)23(31)35-24-12-11-18(20(30-24)15-33-16-32-3)13-21(24)34-22-10-9-19(14-29-22)25(26,27)28/h9-10,14,17-18,20-21,30H,2,4-8,11-13,15-16H2,1,3H3/t17?,18-,20-,21-,24+/m1/s1. The maximum atomic E-state index is 13.0. The van der Waals surface area contributed by atoms with Crippen LogP contribution in [0.15, 0.2) is 18.3 Å². The highest BCUT2D eigenvalue weighted by atomic mass is 19.4. The van der Waals surface area contributed by atoms with Gasteiger partial charge in [0, 0.05) is 31.8 Å². The number of carbonyl (C=O) groups is 1. The van der Waals surface area contributed by atoms with E-state index < -0.39 is 35.5 Å². The van der Waals surface area contributed by atoms with Gasteiger partial charge in [-0.15, -0.1) is 0 Å². The maximum absolute atomic E-state index is 13.0. The van der Waals surface area contributed by atoms with E-state index in [1.54, 1.807) is 7.11 Å². The Balaban J connectivity index is 1.73. The lowest BCUT2D eigenvalue weighted by Gasteiger charge is -2.54. The van der Waals surface area contributed by atoms with E-state index in [9.17, 15) is 18.0 Å². The van der Waals surface area contributed by atoms with Gasteiger partial charge in [-0.2, -0.15) is 13.2 Å². The van der Waals surface area contributed by atoms with E-state index in [4.69, 9.17) is 18.9 Å². The highest BCUT2D eigenvalue weighted by Gasteiger charge is 2.56. The van der Waals surface area contributed by atoms with E-state index in [1.165, 1.54) is 6.07 Å². The highest BCUT2D eigenvalue weighted by molar-refractivity contribution is 5.73. The van der Waals surface area contributed by atoms with Crippen LogP contribution in [0.3, 0.4) is 0 Å². The smallest absolute Gasteiger partial charge is 0.417 e. The lowest BCUT2D eigenvalue weighted by molar-refractivity contribution is -0.214. The van der Waals surface area contributed by atoms with Crippen LogP contribution >= 0.6 is 0 Å². The summed E-state index contributed by atoms with van der Waals surface area (Å²) in [6.45, 7) is 6.63. The Kier molecular flexibility index (Phi) is 9.77. The van der Waals surface area contributed by atoms with Crippen molar-refractivity contribution in [2.24, 2.45) is 11.8 Å². The summed E-state index contributed by atoms with van der Waals surface area (Å²) < 4.78 is 61.3. The molecule has 197 valence electrons.